The number of benzene rings is 1. The zero-order chi connectivity index (χ0) is 19.9. The lowest BCUT2D eigenvalue weighted by molar-refractivity contribution is -0.136. The maximum absolute atomic E-state index is 13.3. The third-order valence-electron chi connectivity index (χ3n) is 7.17. The molecule has 0 N–H and O–H groups in total. The Bertz CT molecular complexity index is 717. The van der Waals surface area contributed by atoms with Crippen LogP contribution in [0.4, 0.5) is 0 Å². The number of rotatable bonds is 5. The van der Waals surface area contributed by atoms with Crippen molar-refractivity contribution in [2.45, 2.75) is 57.2 Å². The monoisotopic (exact) mass is 388 g/mol. The fourth-order valence-electron chi connectivity index (χ4n) is 6.03. The lowest BCUT2D eigenvalue weighted by Gasteiger charge is -2.44. The van der Waals surface area contributed by atoms with E-state index >= 15 is 0 Å². The molecule has 2 heterocycles. The van der Waals surface area contributed by atoms with E-state index in [9.17, 15) is 4.79 Å². The molecule has 1 saturated carbocycles. The van der Waals surface area contributed by atoms with Crippen LogP contribution in [0.2, 0.25) is 0 Å². The number of ether oxygens (including phenoxy) is 3. The predicted molar refractivity (Wildman–Crippen MR) is 107 cm³/mol. The van der Waals surface area contributed by atoms with Gasteiger partial charge < -0.3 is 24.0 Å². The zero-order valence-corrected chi connectivity index (χ0v) is 17.4. The molecule has 6 nitrogen and oxygen atoms in total. The standard InChI is InChI=1S/C22H32N2O4/c1-22-12-15-13-23(2)18(22)10-5-6-11-19(22)24(15)20(25)14-28-21-16(26-3)8-7-9-17(21)27-4/h7-9,15,18-19H,5-6,10-14H2,1-4H3/t15-,18+,19-,22+/m0/s1. The van der Waals surface area contributed by atoms with Crippen molar-refractivity contribution in [3.63, 3.8) is 0 Å². The van der Waals surface area contributed by atoms with E-state index in [1.54, 1.807) is 14.2 Å². The van der Waals surface area contributed by atoms with Crippen molar-refractivity contribution in [3.8, 4) is 17.2 Å². The minimum atomic E-state index is 0.00813. The fraction of sp³-hybridized carbons (Fsp3) is 0.682. The van der Waals surface area contributed by atoms with Crippen molar-refractivity contribution in [2.75, 3.05) is 34.4 Å². The van der Waals surface area contributed by atoms with Crippen molar-refractivity contribution in [1.82, 2.24) is 9.80 Å². The number of fused-ring (bicyclic) bond motifs is 1. The lowest BCUT2D eigenvalue weighted by atomic mass is 9.71. The highest BCUT2D eigenvalue weighted by molar-refractivity contribution is 5.79. The van der Waals surface area contributed by atoms with Gasteiger partial charge in [0.05, 0.1) is 14.2 Å². The van der Waals surface area contributed by atoms with Gasteiger partial charge >= 0.3 is 0 Å². The molecule has 0 spiro atoms. The van der Waals surface area contributed by atoms with E-state index in [1.807, 2.05) is 18.2 Å². The van der Waals surface area contributed by atoms with Crippen molar-refractivity contribution in [2.24, 2.45) is 5.41 Å². The molecule has 1 aliphatic carbocycles. The maximum atomic E-state index is 13.3. The minimum Gasteiger partial charge on any atom is -0.493 e. The smallest absolute Gasteiger partial charge is 0.261 e. The van der Waals surface area contributed by atoms with Gasteiger partial charge in [0.15, 0.2) is 18.1 Å². The van der Waals surface area contributed by atoms with Crippen LogP contribution in [-0.2, 0) is 4.79 Å². The molecule has 1 aromatic carbocycles. The van der Waals surface area contributed by atoms with Gasteiger partial charge in [-0.2, -0.15) is 0 Å². The molecule has 154 valence electrons. The third kappa shape index (κ3) is 3.02. The summed E-state index contributed by atoms with van der Waals surface area (Å²) >= 11 is 0. The third-order valence-corrected chi connectivity index (χ3v) is 7.17. The average Bonchev–Trinajstić information content (AvgIpc) is 2.80. The van der Waals surface area contributed by atoms with Gasteiger partial charge in [-0.3, -0.25) is 4.79 Å². The molecule has 2 saturated heterocycles. The van der Waals surface area contributed by atoms with E-state index in [0.717, 1.165) is 19.4 Å². The SMILES string of the molecule is COc1cccc(OC)c1OCC(=O)N1[C@@H]2CN(C)[C@@H]3CCCC[C@H]1[C@]3(C)C2. The number of amides is 1. The van der Waals surface area contributed by atoms with Crippen LogP contribution < -0.4 is 14.2 Å². The van der Waals surface area contributed by atoms with Crippen LogP contribution in [0, 0.1) is 5.41 Å². The van der Waals surface area contributed by atoms with Crippen LogP contribution in [0.25, 0.3) is 0 Å². The number of para-hydroxylation sites is 1. The van der Waals surface area contributed by atoms with Gasteiger partial charge in [-0.25, -0.2) is 0 Å². The second-order valence-electron chi connectivity index (χ2n) is 8.70. The van der Waals surface area contributed by atoms with Crippen molar-refractivity contribution >= 4 is 5.91 Å². The first-order valence-electron chi connectivity index (χ1n) is 10.3. The number of methoxy groups -OCH3 is 2. The summed E-state index contributed by atoms with van der Waals surface area (Å²) in [5.74, 6) is 1.72. The van der Waals surface area contributed by atoms with Crippen molar-refractivity contribution in [1.29, 1.82) is 0 Å². The van der Waals surface area contributed by atoms with Crippen molar-refractivity contribution < 1.29 is 19.0 Å². The second kappa shape index (κ2) is 7.47. The number of nitrogens with zero attached hydrogens (tertiary/aromatic N) is 2. The summed E-state index contributed by atoms with van der Waals surface area (Å²) in [6, 6.07) is 6.65. The Morgan fingerprint density at radius 2 is 1.79 bits per heavy atom. The van der Waals surface area contributed by atoms with E-state index in [1.165, 1.54) is 19.3 Å². The van der Waals surface area contributed by atoms with Crippen LogP contribution in [0.3, 0.4) is 0 Å². The van der Waals surface area contributed by atoms with E-state index in [4.69, 9.17) is 14.2 Å². The number of piperidine rings is 1. The molecule has 6 heteroatoms. The molecule has 1 aromatic rings. The summed E-state index contributed by atoms with van der Waals surface area (Å²) < 4.78 is 16.7. The Morgan fingerprint density at radius 3 is 2.43 bits per heavy atom. The van der Waals surface area contributed by atoms with Gasteiger partial charge in [0.1, 0.15) is 0 Å². The highest BCUT2D eigenvalue weighted by atomic mass is 16.5. The van der Waals surface area contributed by atoms with Crippen LogP contribution in [-0.4, -0.2) is 68.3 Å². The molecule has 4 rings (SSSR count). The predicted octanol–water partition coefficient (Wildman–Crippen LogP) is 2.95. The molecule has 0 unspecified atom stereocenters. The first-order chi connectivity index (χ1) is 13.5. The number of likely N-dealkylation sites (tertiary alicyclic amines) is 2. The summed E-state index contributed by atoms with van der Waals surface area (Å²) in [5.41, 5.74) is 0.186. The summed E-state index contributed by atoms with van der Waals surface area (Å²) in [5, 5.41) is 0. The first kappa shape index (κ1) is 19.4. The topological polar surface area (TPSA) is 51.2 Å². The summed E-state index contributed by atoms with van der Waals surface area (Å²) in [6.07, 6.45) is 5.90. The Hall–Kier alpha value is -1.95. The number of carbonyl (C=O) groups is 1. The van der Waals surface area contributed by atoms with Gasteiger partial charge in [0.2, 0.25) is 5.75 Å². The molecule has 3 aliphatic rings. The molecule has 1 amide bonds. The highest BCUT2D eigenvalue weighted by Gasteiger charge is 2.59. The zero-order valence-electron chi connectivity index (χ0n) is 17.4. The highest BCUT2D eigenvalue weighted by Crippen LogP contribution is 2.53. The van der Waals surface area contributed by atoms with Gasteiger partial charge in [-0.15, -0.1) is 0 Å². The minimum absolute atomic E-state index is 0.00813. The largest absolute Gasteiger partial charge is 0.493 e. The number of hydrogen-bond donors (Lipinski definition) is 0. The molecule has 3 fully saturated rings. The Balaban J connectivity index is 1.55. The number of hydrogen-bond acceptors (Lipinski definition) is 5. The fourth-order valence-corrected chi connectivity index (χ4v) is 6.03. The molecule has 0 radical (unpaired) electrons. The molecular weight excluding hydrogens is 356 g/mol. The Kier molecular flexibility index (Phi) is 5.17. The normalized spacial score (nSPS) is 32.0. The van der Waals surface area contributed by atoms with Gasteiger partial charge in [0, 0.05) is 30.1 Å². The molecule has 2 aliphatic heterocycles. The molecule has 0 aromatic heterocycles. The van der Waals surface area contributed by atoms with E-state index in [0.29, 0.717) is 29.3 Å². The Labute approximate surface area is 167 Å². The quantitative estimate of drug-likeness (QED) is 0.776. The van der Waals surface area contributed by atoms with Crippen LogP contribution >= 0.6 is 0 Å². The van der Waals surface area contributed by atoms with Crippen molar-refractivity contribution in [3.05, 3.63) is 18.2 Å². The van der Waals surface area contributed by atoms with Gasteiger partial charge in [0.25, 0.3) is 5.91 Å². The average molecular weight is 389 g/mol. The molecule has 28 heavy (non-hydrogen) atoms. The number of likely N-dealkylation sites (N-methyl/N-ethyl adjacent to an activating group) is 1. The first-order valence-corrected chi connectivity index (χ1v) is 10.3. The van der Waals surface area contributed by atoms with Gasteiger partial charge in [-0.05, 0) is 38.4 Å². The molecule has 2 bridgehead atoms. The van der Waals surface area contributed by atoms with E-state index in [-0.39, 0.29) is 24.0 Å². The van der Waals surface area contributed by atoms with Crippen LogP contribution in [0.15, 0.2) is 18.2 Å². The van der Waals surface area contributed by atoms with E-state index in [2.05, 4.69) is 23.8 Å². The molecule has 4 atom stereocenters. The summed E-state index contributed by atoms with van der Waals surface area (Å²) in [6.45, 7) is 3.36. The molecular formula is C22H32N2O4. The number of carbonyl (C=O) groups excluding carboxylic acids is 1. The summed E-state index contributed by atoms with van der Waals surface area (Å²) in [4.78, 5) is 18.0. The summed E-state index contributed by atoms with van der Waals surface area (Å²) in [7, 11) is 5.41. The van der Waals surface area contributed by atoms with Crippen LogP contribution in [0.5, 0.6) is 17.2 Å². The lowest BCUT2D eigenvalue weighted by Crippen LogP contribution is -2.51. The van der Waals surface area contributed by atoms with E-state index < -0.39 is 0 Å². The second-order valence-corrected chi connectivity index (χ2v) is 8.70. The Morgan fingerprint density at radius 1 is 1.14 bits per heavy atom. The van der Waals surface area contributed by atoms with Crippen LogP contribution in [0.1, 0.15) is 39.0 Å². The maximum Gasteiger partial charge on any atom is 0.261 e. The van der Waals surface area contributed by atoms with Gasteiger partial charge in [-0.1, -0.05) is 25.8 Å².